The van der Waals surface area contributed by atoms with E-state index < -0.39 is 48.0 Å². The summed E-state index contributed by atoms with van der Waals surface area (Å²) in [6, 6.07) is 5.56. The first-order valence-electron chi connectivity index (χ1n) is 14.3. The molecule has 3 amide bonds. The zero-order valence-electron chi connectivity index (χ0n) is 24.8. The SMILES string of the molecule is CC(C)(C)OC(=O)N[C@@H](CO)C(=O)N1CCC[C@@H]1CNC(=O)c1cc(F)c(-c2cn[nH]c2)nc1NCCc1cccc(F)c1. The van der Waals surface area contributed by atoms with Crippen LogP contribution in [0.1, 0.15) is 49.5 Å². The molecule has 1 aromatic carbocycles. The summed E-state index contributed by atoms with van der Waals surface area (Å²) in [4.78, 5) is 44.6. The van der Waals surface area contributed by atoms with Crippen LogP contribution in [0.3, 0.4) is 0 Å². The highest BCUT2D eigenvalue weighted by Crippen LogP contribution is 2.25. The van der Waals surface area contributed by atoms with Gasteiger partial charge in [-0.05, 0) is 63.8 Å². The molecule has 12 nitrogen and oxygen atoms in total. The van der Waals surface area contributed by atoms with Gasteiger partial charge in [-0.3, -0.25) is 14.7 Å². The largest absolute Gasteiger partial charge is 0.444 e. The van der Waals surface area contributed by atoms with E-state index in [-0.39, 0.29) is 36.0 Å². The first-order chi connectivity index (χ1) is 20.9. The fraction of sp³-hybridized carbons (Fsp3) is 0.433. The number of H-pyrrole nitrogens is 1. The number of alkyl carbamates (subject to hydrolysis) is 1. The number of amides is 3. The number of carbonyl (C=O) groups is 3. The Hall–Kier alpha value is -4.59. The number of nitrogens with one attached hydrogen (secondary N) is 4. The monoisotopic (exact) mass is 613 g/mol. The molecule has 1 aliphatic rings. The molecule has 3 heterocycles. The van der Waals surface area contributed by atoms with Gasteiger partial charge in [0.1, 0.15) is 29.0 Å². The lowest BCUT2D eigenvalue weighted by Crippen LogP contribution is -2.54. The van der Waals surface area contributed by atoms with Gasteiger partial charge in [0, 0.05) is 37.4 Å². The van der Waals surface area contributed by atoms with Crippen LogP contribution in [0, 0.1) is 11.6 Å². The van der Waals surface area contributed by atoms with Gasteiger partial charge in [-0.15, -0.1) is 0 Å². The third kappa shape index (κ3) is 8.49. The lowest BCUT2D eigenvalue weighted by molar-refractivity contribution is -0.135. The van der Waals surface area contributed by atoms with E-state index in [4.69, 9.17) is 4.74 Å². The number of pyridine rings is 1. The van der Waals surface area contributed by atoms with Crippen LogP contribution in [-0.4, -0.2) is 87.0 Å². The minimum Gasteiger partial charge on any atom is -0.444 e. The lowest BCUT2D eigenvalue weighted by atomic mass is 10.1. The number of nitrogens with zero attached hydrogens (tertiary/aromatic N) is 3. The average Bonchev–Trinajstić information content (AvgIpc) is 3.67. The van der Waals surface area contributed by atoms with Crippen molar-refractivity contribution in [1.82, 2.24) is 30.7 Å². The third-order valence-electron chi connectivity index (χ3n) is 6.92. The second-order valence-corrected chi connectivity index (χ2v) is 11.4. The summed E-state index contributed by atoms with van der Waals surface area (Å²) in [5, 5.41) is 24.5. The van der Waals surface area contributed by atoms with Crippen LogP contribution in [0.5, 0.6) is 0 Å². The summed E-state index contributed by atoms with van der Waals surface area (Å²) in [6.45, 7) is 5.10. The molecule has 5 N–H and O–H groups in total. The zero-order chi connectivity index (χ0) is 31.9. The fourth-order valence-electron chi connectivity index (χ4n) is 4.88. The van der Waals surface area contributed by atoms with Crippen LogP contribution >= 0.6 is 0 Å². The van der Waals surface area contributed by atoms with Crippen LogP contribution in [0.15, 0.2) is 42.7 Å². The quantitative estimate of drug-likeness (QED) is 0.221. The minimum atomic E-state index is -1.22. The van der Waals surface area contributed by atoms with Crippen molar-refractivity contribution >= 4 is 23.7 Å². The number of halogens is 2. The number of hydrogen-bond donors (Lipinski definition) is 5. The maximum Gasteiger partial charge on any atom is 0.408 e. The van der Waals surface area contributed by atoms with Gasteiger partial charge in [-0.2, -0.15) is 5.10 Å². The molecule has 0 aliphatic carbocycles. The lowest BCUT2D eigenvalue weighted by Gasteiger charge is -2.29. The maximum atomic E-state index is 15.2. The van der Waals surface area contributed by atoms with Crippen molar-refractivity contribution in [2.45, 2.75) is 57.7 Å². The highest BCUT2D eigenvalue weighted by molar-refractivity contribution is 5.99. The van der Waals surface area contributed by atoms with Gasteiger partial charge in [-0.25, -0.2) is 18.6 Å². The van der Waals surface area contributed by atoms with Crippen LogP contribution in [-0.2, 0) is 16.0 Å². The van der Waals surface area contributed by atoms with Gasteiger partial charge in [0.05, 0.1) is 18.4 Å². The van der Waals surface area contributed by atoms with Crippen LogP contribution in [0.2, 0.25) is 0 Å². The predicted octanol–water partition coefficient (Wildman–Crippen LogP) is 3.01. The number of rotatable bonds is 11. The molecule has 236 valence electrons. The summed E-state index contributed by atoms with van der Waals surface area (Å²) in [6.07, 6.45) is 3.69. The molecule has 2 atom stereocenters. The predicted molar refractivity (Wildman–Crippen MR) is 158 cm³/mol. The number of aliphatic hydroxyl groups is 1. The summed E-state index contributed by atoms with van der Waals surface area (Å²) >= 11 is 0. The number of likely N-dealkylation sites (tertiary alicyclic amines) is 1. The number of anilines is 1. The Morgan fingerprint density at radius 3 is 2.70 bits per heavy atom. The molecule has 44 heavy (non-hydrogen) atoms. The van der Waals surface area contributed by atoms with Gasteiger partial charge in [0.25, 0.3) is 5.91 Å². The van der Waals surface area contributed by atoms with Crippen molar-refractivity contribution in [3.8, 4) is 11.3 Å². The van der Waals surface area contributed by atoms with E-state index in [9.17, 15) is 23.9 Å². The molecule has 0 saturated carbocycles. The summed E-state index contributed by atoms with van der Waals surface area (Å²) in [5.74, 6) is -2.10. The molecule has 3 aromatic rings. The molecular weight excluding hydrogens is 576 g/mol. The van der Waals surface area contributed by atoms with Crippen molar-refractivity contribution in [1.29, 1.82) is 0 Å². The summed E-state index contributed by atoms with van der Waals surface area (Å²) in [7, 11) is 0. The van der Waals surface area contributed by atoms with E-state index in [1.54, 1.807) is 32.9 Å². The smallest absolute Gasteiger partial charge is 0.408 e. The number of aromatic amines is 1. The van der Waals surface area contributed by atoms with Gasteiger partial charge in [0.15, 0.2) is 5.82 Å². The highest BCUT2D eigenvalue weighted by Gasteiger charge is 2.35. The van der Waals surface area contributed by atoms with E-state index in [0.29, 0.717) is 31.4 Å². The number of benzene rings is 1. The van der Waals surface area contributed by atoms with Crippen LogP contribution < -0.4 is 16.0 Å². The number of ether oxygens (including phenoxy) is 1. The van der Waals surface area contributed by atoms with Crippen molar-refractivity contribution in [3.63, 3.8) is 0 Å². The number of aromatic nitrogens is 3. The number of aliphatic hydroxyl groups excluding tert-OH is 1. The van der Waals surface area contributed by atoms with Crippen molar-refractivity contribution < 1.29 is 33.0 Å². The second-order valence-electron chi connectivity index (χ2n) is 11.4. The van der Waals surface area contributed by atoms with E-state index in [0.717, 1.165) is 11.6 Å². The van der Waals surface area contributed by atoms with Gasteiger partial charge < -0.3 is 30.7 Å². The molecule has 0 spiro atoms. The first-order valence-corrected chi connectivity index (χ1v) is 14.3. The van der Waals surface area contributed by atoms with Gasteiger partial charge >= 0.3 is 6.09 Å². The van der Waals surface area contributed by atoms with Crippen LogP contribution in [0.25, 0.3) is 11.3 Å². The molecule has 0 radical (unpaired) electrons. The molecule has 1 saturated heterocycles. The highest BCUT2D eigenvalue weighted by atomic mass is 19.1. The molecule has 4 rings (SSSR count). The van der Waals surface area contributed by atoms with Gasteiger partial charge in [0.2, 0.25) is 5.91 Å². The standard InChI is InChI=1S/C30H37F2N7O5/c1-30(2,3)44-29(43)37-24(17-40)28(42)39-11-5-8-21(39)16-34-27(41)22-13-23(32)25(19-14-35-36-15-19)38-26(22)33-10-9-18-6-4-7-20(31)12-18/h4,6-7,12-15,21,24,40H,5,8-11,16-17H2,1-3H3,(H,33,38)(H,34,41)(H,35,36)(H,37,43)/t21-,24+/m1/s1. The van der Waals surface area contributed by atoms with E-state index >= 15 is 4.39 Å². The van der Waals surface area contributed by atoms with E-state index in [2.05, 4.69) is 31.1 Å². The number of carbonyl (C=O) groups excluding carboxylic acids is 3. The Bertz CT molecular complexity index is 1460. The fourth-order valence-corrected chi connectivity index (χ4v) is 4.88. The number of hydrogen-bond acceptors (Lipinski definition) is 8. The van der Waals surface area contributed by atoms with Gasteiger partial charge in [-0.1, -0.05) is 12.1 Å². The van der Waals surface area contributed by atoms with E-state index in [1.807, 2.05) is 0 Å². The Morgan fingerprint density at radius 1 is 1.23 bits per heavy atom. The van der Waals surface area contributed by atoms with Crippen LogP contribution in [0.4, 0.5) is 19.4 Å². The molecular formula is C30H37F2N7O5. The molecule has 14 heteroatoms. The average molecular weight is 614 g/mol. The Labute approximate surface area is 253 Å². The Kier molecular flexibility index (Phi) is 10.5. The normalized spacial score (nSPS) is 15.5. The third-order valence-corrected chi connectivity index (χ3v) is 6.92. The molecule has 2 aromatic heterocycles. The Morgan fingerprint density at radius 2 is 2.02 bits per heavy atom. The van der Waals surface area contributed by atoms with Crippen molar-refractivity contribution in [2.24, 2.45) is 0 Å². The summed E-state index contributed by atoms with van der Waals surface area (Å²) in [5.41, 5.74) is 0.273. The molecule has 1 aliphatic heterocycles. The topological polar surface area (TPSA) is 162 Å². The zero-order valence-corrected chi connectivity index (χ0v) is 24.8. The molecule has 1 fully saturated rings. The molecule has 0 bridgehead atoms. The maximum absolute atomic E-state index is 15.2. The van der Waals surface area contributed by atoms with Crippen molar-refractivity contribution in [3.05, 3.63) is 65.5 Å². The van der Waals surface area contributed by atoms with Crippen molar-refractivity contribution in [2.75, 3.05) is 31.6 Å². The second kappa shape index (κ2) is 14.3. The summed E-state index contributed by atoms with van der Waals surface area (Å²) < 4.78 is 34.0. The van der Waals surface area contributed by atoms with E-state index in [1.165, 1.54) is 29.4 Å². The Balaban J connectivity index is 1.45. The minimum absolute atomic E-state index is 0.0105. The first kappa shape index (κ1) is 32.3. The molecule has 0 unspecified atom stereocenters.